The lowest BCUT2D eigenvalue weighted by molar-refractivity contribution is -0.143. The highest BCUT2D eigenvalue weighted by molar-refractivity contribution is 5.91. The van der Waals surface area contributed by atoms with E-state index in [1.807, 2.05) is 0 Å². The Balaban J connectivity index is 2.13. The monoisotopic (exact) mass is 548 g/mol. The van der Waals surface area contributed by atoms with Crippen LogP contribution < -0.4 is 9.64 Å². The van der Waals surface area contributed by atoms with Crippen LogP contribution in [0.1, 0.15) is 48.6 Å². The molecule has 0 aliphatic carbocycles. The Morgan fingerprint density at radius 2 is 1.61 bits per heavy atom. The summed E-state index contributed by atoms with van der Waals surface area (Å²) in [6.45, 7) is 2.77. The molecule has 0 radical (unpaired) electrons. The second kappa shape index (κ2) is 11.0. The summed E-state index contributed by atoms with van der Waals surface area (Å²) in [5.41, 5.74) is -2.66. The van der Waals surface area contributed by atoms with Crippen molar-refractivity contribution in [3.05, 3.63) is 58.7 Å². The Labute approximate surface area is 214 Å². The summed E-state index contributed by atoms with van der Waals surface area (Å²) in [4.78, 5) is 28.0. The molecule has 1 heterocycles. The van der Waals surface area contributed by atoms with Crippen LogP contribution in [-0.2, 0) is 28.4 Å². The molecule has 2 amide bonds. The summed E-state index contributed by atoms with van der Waals surface area (Å²) in [6, 6.07) is 4.39. The lowest BCUT2D eigenvalue weighted by atomic mass is 9.90. The van der Waals surface area contributed by atoms with E-state index in [1.165, 1.54) is 18.1 Å². The standard InChI is InChI=1S/C25H26F6N2O5/c1-5-38-23(35)33-14(2)8-20(19-7-6-18(36-3)12-21(19)33)32(22(34)37-4)13-15-9-16(24(26,27)28)11-17(10-15)25(29,30)31/h6-7,9-12,14,20H,5,8,13H2,1-4H3/t14-,20+/m1/s1. The van der Waals surface area contributed by atoms with E-state index in [4.69, 9.17) is 14.2 Å². The molecule has 0 saturated carbocycles. The number of carbonyl (C=O) groups is 2. The molecule has 0 saturated heterocycles. The fourth-order valence-corrected chi connectivity index (χ4v) is 4.43. The van der Waals surface area contributed by atoms with Crippen molar-refractivity contribution in [2.45, 2.75) is 51.2 Å². The number of halogens is 6. The number of ether oxygens (including phenoxy) is 3. The Hall–Kier alpha value is -3.64. The third-order valence-electron chi connectivity index (χ3n) is 6.11. The summed E-state index contributed by atoms with van der Waals surface area (Å²) in [5.74, 6) is 0.378. The quantitative estimate of drug-likeness (QED) is 0.385. The van der Waals surface area contributed by atoms with Gasteiger partial charge in [0.05, 0.1) is 43.7 Å². The summed E-state index contributed by atoms with van der Waals surface area (Å²) < 4.78 is 95.8. The van der Waals surface area contributed by atoms with E-state index in [0.717, 1.165) is 12.0 Å². The molecule has 3 rings (SSSR count). The Morgan fingerprint density at radius 1 is 1.00 bits per heavy atom. The van der Waals surface area contributed by atoms with Gasteiger partial charge in [0.2, 0.25) is 0 Å². The summed E-state index contributed by atoms with van der Waals surface area (Å²) in [7, 11) is 2.46. The first kappa shape index (κ1) is 28.9. The van der Waals surface area contributed by atoms with Gasteiger partial charge in [-0.05, 0) is 55.7 Å². The van der Waals surface area contributed by atoms with Crippen molar-refractivity contribution in [2.24, 2.45) is 0 Å². The molecule has 0 unspecified atom stereocenters. The maximum Gasteiger partial charge on any atom is 0.416 e. The van der Waals surface area contributed by atoms with Gasteiger partial charge in [-0.1, -0.05) is 6.07 Å². The fraction of sp³-hybridized carbons (Fsp3) is 0.440. The average Bonchev–Trinajstić information content (AvgIpc) is 2.84. The van der Waals surface area contributed by atoms with Crippen molar-refractivity contribution in [2.75, 3.05) is 25.7 Å². The molecule has 1 aliphatic rings. The van der Waals surface area contributed by atoms with E-state index in [0.29, 0.717) is 29.1 Å². The third kappa shape index (κ3) is 6.08. The number of hydrogen-bond acceptors (Lipinski definition) is 5. The molecule has 0 fully saturated rings. The molecule has 0 spiro atoms. The number of fused-ring (bicyclic) bond motifs is 1. The largest absolute Gasteiger partial charge is 0.497 e. The van der Waals surface area contributed by atoms with Crippen LogP contribution in [0.4, 0.5) is 41.6 Å². The van der Waals surface area contributed by atoms with Gasteiger partial charge in [-0.15, -0.1) is 0 Å². The van der Waals surface area contributed by atoms with Crippen LogP contribution in [-0.4, -0.2) is 44.0 Å². The molecule has 13 heteroatoms. The summed E-state index contributed by atoms with van der Waals surface area (Å²) in [6.07, 6.45) is -11.6. The van der Waals surface area contributed by atoms with E-state index in [-0.39, 0.29) is 19.1 Å². The topological polar surface area (TPSA) is 68.3 Å². The normalized spacial score (nSPS) is 17.5. The molecular formula is C25H26F6N2O5. The maximum absolute atomic E-state index is 13.4. The van der Waals surface area contributed by atoms with Crippen LogP contribution in [0.25, 0.3) is 0 Å². The number of benzene rings is 2. The Kier molecular flexibility index (Phi) is 8.37. The zero-order chi connectivity index (χ0) is 28.4. The molecule has 38 heavy (non-hydrogen) atoms. The number of carbonyl (C=O) groups excluding carboxylic acids is 2. The molecular weight excluding hydrogens is 522 g/mol. The van der Waals surface area contributed by atoms with Gasteiger partial charge in [0.15, 0.2) is 0 Å². The third-order valence-corrected chi connectivity index (χ3v) is 6.11. The van der Waals surface area contributed by atoms with Crippen molar-refractivity contribution in [1.29, 1.82) is 0 Å². The zero-order valence-corrected chi connectivity index (χ0v) is 20.9. The van der Waals surface area contributed by atoms with E-state index >= 15 is 0 Å². The van der Waals surface area contributed by atoms with Gasteiger partial charge in [-0.3, -0.25) is 9.80 Å². The van der Waals surface area contributed by atoms with Gasteiger partial charge in [-0.25, -0.2) is 9.59 Å². The first-order valence-electron chi connectivity index (χ1n) is 11.5. The minimum Gasteiger partial charge on any atom is -0.497 e. The number of nitrogens with zero attached hydrogens (tertiary/aromatic N) is 2. The zero-order valence-electron chi connectivity index (χ0n) is 20.9. The van der Waals surface area contributed by atoms with Gasteiger partial charge < -0.3 is 14.2 Å². The summed E-state index contributed by atoms with van der Waals surface area (Å²) in [5, 5.41) is 0. The second-order valence-corrected chi connectivity index (χ2v) is 8.61. The number of amides is 2. The van der Waals surface area contributed by atoms with Crippen molar-refractivity contribution in [3.63, 3.8) is 0 Å². The number of methoxy groups -OCH3 is 2. The molecule has 0 bridgehead atoms. The van der Waals surface area contributed by atoms with Crippen molar-refractivity contribution in [1.82, 2.24) is 4.90 Å². The smallest absolute Gasteiger partial charge is 0.416 e. The van der Waals surface area contributed by atoms with Crippen LogP contribution in [0.2, 0.25) is 0 Å². The predicted octanol–water partition coefficient (Wildman–Crippen LogP) is 6.80. The Morgan fingerprint density at radius 3 is 2.11 bits per heavy atom. The van der Waals surface area contributed by atoms with Gasteiger partial charge in [0, 0.05) is 18.7 Å². The van der Waals surface area contributed by atoms with Crippen molar-refractivity contribution < 1.29 is 50.1 Å². The van der Waals surface area contributed by atoms with Crippen molar-refractivity contribution in [3.8, 4) is 5.75 Å². The lowest BCUT2D eigenvalue weighted by Gasteiger charge is -2.42. The number of alkyl halides is 6. The van der Waals surface area contributed by atoms with E-state index < -0.39 is 59.9 Å². The van der Waals surface area contributed by atoms with Crippen LogP contribution in [0.3, 0.4) is 0 Å². The molecule has 2 aromatic carbocycles. The molecule has 7 nitrogen and oxygen atoms in total. The lowest BCUT2D eigenvalue weighted by Crippen LogP contribution is -2.47. The molecule has 208 valence electrons. The molecule has 0 aromatic heterocycles. The van der Waals surface area contributed by atoms with Gasteiger partial charge in [0.25, 0.3) is 0 Å². The van der Waals surface area contributed by atoms with E-state index in [9.17, 15) is 35.9 Å². The molecule has 1 aliphatic heterocycles. The average molecular weight is 548 g/mol. The van der Waals surface area contributed by atoms with E-state index in [1.54, 1.807) is 26.0 Å². The van der Waals surface area contributed by atoms with E-state index in [2.05, 4.69) is 0 Å². The number of anilines is 1. The van der Waals surface area contributed by atoms with Crippen molar-refractivity contribution >= 4 is 17.9 Å². The van der Waals surface area contributed by atoms with Gasteiger partial charge in [-0.2, -0.15) is 26.3 Å². The number of hydrogen-bond donors (Lipinski definition) is 0. The van der Waals surface area contributed by atoms with Crippen LogP contribution >= 0.6 is 0 Å². The predicted molar refractivity (Wildman–Crippen MR) is 124 cm³/mol. The van der Waals surface area contributed by atoms with Crippen LogP contribution in [0.5, 0.6) is 5.75 Å². The van der Waals surface area contributed by atoms with Gasteiger partial charge >= 0.3 is 24.5 Å². The Bertz CT molecular complexity index is 1150. The highest BCUT2D eigenvalue weighted by Gasteiger charge is 2.41. The van der Waals surface area contributed by atoms with Crippen LogP contribution in [0.15, 0.2) is 36.4 Å². The number of rotatable bonds is 5. The molecule has 2 aromatic rings. The van der Waals surface area contributed by atoms with Gasteiger partial charge in [0.1, 0.15) is 5.75 Å². The van der Waals surface area contributed by atoms with Crippen LogP contribution in [0, 0.1) is 0 Å². The SMILES string of the molecule is CCOC(=O)N1c2cc(OC)ccc2[C@@H](N(Cc2cc(C(F)(F)F)cc(C(F)(F)F)c2)C(=O)OC)C[C@H]1C. The first-order valence-corrected chi connectivity index (χ1v) is 11.5. The minimum atomic E-state index is -5.05. The maximum atomic E-state index is 13.4. The molecule has 2 atom stereocenters. The minimum absolute atomic E-state index is 0.0213. The highest BCUT2D eigenvalue weighted by atomic mass is 19.4. The fourth-order valence-electron chi connectivity index (χ4n) is 4.43. The molecule has 0 N–H and O–H groups in total. The first-order chi connectivity index (χ1) is 17.7. The summed E-state index contributed by atoms with van der Waals surface area (Å²) >= 11 is 0. The highest BCUT2D eigenvalue weighted by Crippen LogP contribution is 2.44. The second-order valence-electron chi connectivity index (χ2n) is 8.61.